The molecule has 0 saturated carbocycles. The molecule has 2 aromatic rings. The predicted octanol–water partition coefficient (Wildman–Crippen LogP) is 3.26. The van der Waals surface area contributed by atoms with E-state index in [2.05, 4.69) is 4.98 Å². The summed E-state index contributed by atoms with van der Waals surface area (Å²) in [7, 11) is 0. The predicted molar refractivity (Wildman–Crippen MR) is 69.2 cm³/mol. The lowest BCUT2D eigenvalue weighted by atomic mass is 10.1. The number of rotatable bonds is 2. The zero-order valence-corrected chi connectivity index (χ0v) is 10.3. The number of hydrogen-bond donors (Lipinski definition) is 1. The van der Waals surface area contributed by atoms with Gasteiger partial charge in [0.1, 0.15) is 0 Å². The molecule has 5 nitrogen and oxygen atoms in total. The maximum atomic E-state index is 11.2. The molecule has 0 atom stereocenters. The fraction of sp³-hybridized carbons (Fsp3) is 0. The van der Waals surface area contributed by atoms with Crippen LogP contribution in [0.3, 0.4) is 0 Å². The number of pyridine rings is 1. The van der Waals surface area contributed by atoms with E-state index in [0.717, 1.165) is 0 Å². The Morgan fingerprint density at radius 3 is 2.22 bits per heavy atom. The summed E-state index contributed by atoms with van der Waals surface area (Å²) in [5.41, 5.74) is -0.224. The largest absolute Gasteiger partial charge is 0.334 e. The first kappa shape index (κ1) is 12.6. The van der Waals surface area contributed by atoms with E-state index in [1.54, 1.807) is 18.2 Å². The first-order chi connectivity index (χ1) is 8.47. The number of aromatic nitrogens is 1. The van der Waals surface area contributed by atoms with Crippen LogP contribution in [0.15, 0.2) is 35.3 Å². The smallest absolute Gasteiger partial charge is 0.323 e. The second kappa shape index (κ2) is 4.80. The van der Waals surface area contributed by atoms with E-state index in [4.69, 9.17) is 23.2 Å². The van der Waals surface area contributed by atoms with E-state index < -0.39 is 16.2 Å². The molecule has 0 fully saturated rings. The van der Waals surface area contributed by atoms with Crippen LogP contribution in [0, 0.1) is 10.1 Å². The fourth-order valence-electron chi connectivity index (χ4n) is 1.49. The summed E-state index contributed by atoms with van der Waals surface area (Å²) >= 11 is 11.7. The highest BCUT2D eigenvalue weighted by molar-refractivity contribution is 6.35. The lowest BCUT2D eigenvalue weighted by Gasteiger charge is -2.03. The quantitative estimate of drug-likeness (QED) is 0.679. The number of H-pyrrole nitrogens is 1. The molecule has 18 heavy (non-hydrogen) atoms. The minimum atomic E-state index is -0.753. The second-order valence-corrected chi connectivity index (χ2v) is 4.39. The van der Waals surface area contributed by atoms with Crippen molar-refractivity contribution in [2.75, 3.05) is 0 Å². The molecule has 92 valence electrons. The molecule has 1 heterocycles. The van der Waals surface area contributed by atoms with Crippen LogP contribution >= 0.6 is 23.2 Å². The molecule has 0 bridgehead atoms. The summed E-state index contributed by atoms with van der Waals surface area (Å²) in [4.78, 5) is 23.5. The molecule has 0 radical (unpaired) electrons. The molecule has 1 aromatic carbocycles. The van der Waals surface area contributed by atoms with E-state index in [1.807, 2.05) is 0 Å². The summed E-state index contributed by atoms with van der Waals surface area (Å²) in [6.07, 6.45) is 1.37. The van der Waals surface area contributed by atoms with Crippen molar-refractivity contribution in [1.29, 1.82) is 0 Å². The molecular weight excluding hydrogens is 279 g/mol. The minimum Gasteiger partial charge on any atom is -0.323 e. The van der Waals surface area contributed by atoms with Crippen LogP contribution in [-0.2, 0) is 0 Å². The number of nitro groups is 1. The third-order valence-corrected chi connectivity index (χ3v) is 2.71. The highest BCUT2D eigenvalue weighted by atomic mass is 35.5. The van der Waals surface area contributed by atoms with E-state index in [9.17, 15) is 14.9 Å². The average molecular weight is 285 g/mol. The maximum Gasteiger partial charge on any atom is 0.334 e. The lowest BCUT2D eigenvalue weighted by Crippen LogP contribution is -2.10. The molecule has 0 saturated heterocycles. The van der Waals surface area contributed by atoms with Gasteiger partial charge in [0.2, 0.25) is 0 Å². The van der Waals surface area contributed by atoms with Crippen LogP contribution in [0.5, 0.6) is 0 Å². The molecule has 1 aromatic heterocycles. The van der Waals surface area contributed by atoms with Crippen molar-refractivity contribution in [3.8, 4) is 11.1 Å². The van der Waals surface area contributed by atoms with Gasteiger partial charge in [0.25, 0.3) is 0 Å². The van der Waals surface area contributed by atoms with Crippen molar-refractivity contribution >= 4 is 28.9 Å². The van der Waals surface area contributed by atoms with Crippen LogP contribution < -0.4 is 5.56 Å². The molecule has 0 amide bonds. The van der Waals surface area contributed by atoms with Crippen molar-refractivity contribution in [3.05, 3.63) is 61.0 Å². The molecule has 0 aliphatic carbocycles. The zero-order valence-electron chi connectivity index (χ0n) is 8.81. The first-order valence-electron chi connectivity index (χ1n) is 4.81. The fourth-order valence-corrected chi connectivity index (χ4v) is 2.02. The van der Waals surface area contributed by atoms with Gasteiger partial charge in [-0.3, -0.25) is 14.9 Å². The van der Waals surface area contributed by atoms with Crippen LogP contribution in [0.25, 0.3) is 11.1 Å². The lowest BCUT2D eigenvalue weighted by molar-refractivity contribution is -0.386. The van der Waals surface area contributed by atoms with Gasteiger partial charge < -0.3 is 4.98 Å². The van der Waals surface area contributed by atoms with Crippen LogP contribution in [0.4, 0.5) is 5.69 Å². The third-order valence-electron chi connectivity index (χ3n) is 2.28. The number of aromatic amines is 1. The van der Waals surface area contributed by atoms with Crippen molar-refractivity contribution in [2.45, 2.75) is 0 Å². The zero-order chi connectivity index (χ0) is 13.3. The number of hydrogen-bond acceptors (Lipinski definition) is 3. The van der Waals surface area contributed by atoms with E-state index >= 15 is 0 Å². The van der Waals surface area contributed by atoms with Crippen LogP contribution in [0.2, 0.25) is 10.0 Å². The van der Waals surface area contributed by atoms with Crippen LogP contribution in [-0.4, -0.2) is 9.91 Å². The van der Waals surface area contributed by atoms with Gasteiger partial charge in [-0.15, -0.1) is 0 Å². The van der Waals surface area contributed by atoms with E-state index in [-0.39, 0.29) is 0 Å². The first-order valence-corrected chi connectivity index (χ1v) is 5.56. The number of nitrogens with zero attached hydrogens (tertiary/aromatic N) is 1. The van der Waals surface area contributed by atoms with Crippen LogP contribution in [0.1, 0.15) is 0 Å². The normalized spacial score (nSPS) is 10.3. The van der Waals surface area contributed by atoms with Crippen molar-refractivity contribution in [2.24, 2.45) is 0 Å². The highest BCUT2D eigenvalue weighted by Gasteiger charge is 2.13. The molecule has 0 unspecified atom stereocenters. The van der Waals surface area contributed by atoms with Crippen molar-refractivity contribution < 1.29 is 4.92 Å². The molecule has 1 N–H and O–H groups in total. The Kier molecular flexibility index (Phi) is 3.36. The monoisotopic (exact) mass is 284 g/mol. The molecule has 7 heteroatoms. The highest BCUT2D eigenvalue weighted by Crippen LogP contribution is 2.27. The Morgan fingerprint density at radius 1 is 1.06 bits per heavy atom. The SMILES string of the molecule is O=c1[nH]cc(-c2cc(Cl)cc(Cl)c2)cc1[N+](=O)[O-]. The van der Waals surface area contributed by atoms with Gasteiger partial charge >= 0.3 is 11.2 Å². The van der Waals surface area contributed by atoms with Gasteiger partial charge in [-0.25, -0.2) is 0 Å². The third kappa shape index (κ3) is 2.52. The Balaban J connectivity index is 2.61. The molecule has 0 aliphatic rings. The average Bonchev–Trinajstić information content (AvgIpc) is 2.27. The minimum absolute atomic E-state index is 0.409. The summed E-state index contributed by atoms with van der Waals surface area (Å²) in [5, 5.41) is 11.5. The summed E-state index contributed by atoms with van der Waals surface area (Å²) in [5.74, 6) is 0. The maximum absolute atomic E-state index is 11.2. The Bertz CT molecular complexity index is 662. The molecular formula is C11H6Cl2N2O3. The Morgan fingerprint density at radius 2 is 1.67 bits per heavy atom. The summed E-state index contributed by atoms with van der Waals surface area (Å²) in [6.45, 7) is 0. The van der Waals surface area contributed by atoms with E-state index in [1.165, 1.54) is 12.3 Å². The number of nitrogens with one attached hydrogen (secondary N) is 1. The number of halogens is 2. The van der Waals surface area contributed by atoms with Gasteiger partial charge in [0.05, 0.1) is 4.92 Å². The topological polar surface area (TPSA) is 76.0 Å². The van der Waals surface area contributed by atoms with Gasteiger partial charge in [-0.05, 0) is 23.8 Å². The second-order valence-electron chi connectivity index (χ2n) is 3.52. The van der Waals surface area contributed by atoms with E-state index in [0.29, 0.717) is 21.2 Å². The molecule has 2 rings (SSSR count). The van der Waals surface area contributed by atoms with Gasteiger partial charge in [-0.1, -0.05) is 23.2 Å². The Hall–Kier alpha value is -1.85. The summed E-state index contributed by atoms with van der Waals surface area (Å²) in [6, 6.07) is 5.93. The van der Waals surface area contributed by atoms with Gasteiger partial charge in [-0.2, -0.15) is 0 Å². The Labute approximate surface area is 111 Å². The standard InChI is InChI=1S/C11H6Cl2N2O3/c12-8-1-6(2-9(13)4-8)7-3-10(15(17)18)11(16)14-5-7/h1-5H,(H,14,16). The van der Waals surface area contributed by atoms with Crippen molar-refractivity contribution in [1.82, 2.24) is 4.98 Å². The number of benzene rings is 1. The molecule has 0 aliphatic heterocycles. The molecule has 0 spiro atoms. The van der Waals surface area contributed by atoms with Crippen molar-refractivity contribution in [3.63, 3.8) is 0 Å². The summed E-state index contributed by atoms with van der Waals surface area (Å²) < 4.78 is 0. The van der Waals surface area contributed by atoms with Gasteiger partial charge in [0, 0.05) is 27.9 Å². The van der Waals surface area contributed by atoms with Gasteiger partial charge in [0.15, 0.2) is 0 Å².